The van der Waals surface area contributed by atoms with Crippen molar-refractivity contribution >= 4 is 5.91 Å². The summed E-state index contributed by atoms with van der Waals surface area (Å²) in [5, 5.41) is 3.57. The van der Waals surface area contributed by atoms with Gasteiger partial charge in [-0.2, -0.15) is 0 Å². The predicted octanol–water partition coefficient (Wildman–Crippen LogP) is 1.14. The Labute approximate surface area is 85.8 Å². The summed E-state index contributed by atoms with van der Waals surface area (Å²) in [6.07, 6.45) is 4.65. The third-order valence-corrected chi connectivity index (χ3v) is 3.36. The van der Waals surface area contributed by atoms with Gasteiger partial charge in [-0.15, -0.1) is 0 Å². The lowest BCUT2D eigenvalue weighted by molar-refractivity contribution is -0.129. The van der Waals surface area contributed by atoms with Gasteiger partial charge >= 0.3 is 0 Å². The zero-order valence-corrected chi connectivity index (χ0v) is 9.12. The first-order chi connectivity index (χ1) is 6.66. The van der Waals surface area contributed by atoms with Crippen LogP contribution in [-0.4, -0.2) is 35.5 Å². The lowest BCUT2D eigenvalue weighted by Gasteiger charge is -2.30. The molecule has 0 bridgehead atoms. The van der Waals surface area contributed by atoms with E-state index in [2.05, 4.69) is 19.2 Å². The molecule has 1 unspecified atom stereocenters. The van der Waals surface area contributed by atoms with Crippen molar-refractivity contribution in [3.8, 4) is 0 Å². The molecule has 1 heterocycles. The lowest BCUT2D eigenvalue weighted by atomic mass is 9.92. The average Bonchev–Trinajstić information content (AvgIpc) is 2.39. The highest BCUT2D eigenvalue weighted by molar-refractivity contribution is 5.79. The first-order valence-corrected chi connectivity index (χ1v) is 5.72. The van der Waals surface area contributed by atoms with E-state index in [9.17, 15) is 4.79 Å². The fourth-order valence-corrected chi connectivity index (χ4v) is 2.25. The summed E-state index contributed by atoms with van der Waals surface area (Å²) >= 11 is 0. The molecular weight excluding hydrogens is 176 g/mol. The zero-order valence-electron chi connectivity index (χ0n) is 9.12. The van der Waals surface area contributed by atoms with Gasteiger partial charge in [0.05, 0.1) is 0 Å². The van der Waals surface area contributed by atoms with E-state index in [0.29, 0.717) is 30.5 Å². The molecule has 0 aromatic rings. The van der Waals surface area contributed by atoms with Crippen LogP contribution < -0.4 is 5.32 Å². The van der Waals surface area contributed by atoms with Gasteiger partial charge in [0.25, 0.3) is 0 Å². The fraction of sp³-hybridized carbons (Fsp3) is 0.909. The Hall–Kier alpha value is -0.570. The number of carbonyl (C=O) groups excluding carboxylic acids is 1. The number of hydrogen-bond acceptors (Lipinski definition) is 2. The molecule has 2 aliphatic rings. The SMILES string of the molecule is CC(C)N1CC(NC2CCC2)CC1=O. The monoisotopic (exact) mass is 196 g/mol. The van der Waals surface area contributed by atoms with E-state index in [1.807, 2.05) is 4.90 Å². The maximum Gasteiger partial charge on any atom is 0.224 e. The molecule has 14 heavy (non-hydrogen) atoms. The average molecular weight is 196 g/mol. The van der Waals surface area contributed by atoms with Gasteiger partial charge in [0.1, 0.15) is 0 Å². The van der Waals surface area contributed by atoms with Crippen LogP contribution >= 0.6 is 0 Å². The van der Waals surface area contributed by atoms with Crippen LogP contribution in [-0.2, 0) is 4.79 Å². The first kappa shape index (κ1) is 9.97. The molecule has 0 aromatic heterocycles. The van der Waals surface area contributed by atoms with Crippen molar-refractivity contribution in [1.82, 2.24) is 10.2 Å². The number of carbonyl (C=O) groups is 1. The van der Waals surface area contributed by atoms with E-state index < -0.39 is 0 Å². The van der Waals surface area contributed by atoms with E-state index in [4.69, 9.17) is 0 Å². The maximum absolute atomic E-state index is 11.6. The van der Waals surface area contributed by atoms with Crippen molar-refractivity contribution in [2.75, 3.05) is 6.54 Å². The number of amides is 1. The molecule has 3 nitrogen and oxygen atoms in total. The largest absolute Gasteiger partial charge is 0.339 e. The third kappa shape index (κ3) is 1.92. The third-order valence-electron chi connectivity index (χ3n) is 3.36. The molecule has 0 spiro atoms. The Morgan fingerprint density at radius 3 is 2.50 bits per heavy atom. The van der Waals surface area contributed by atoms with Crippen LogP contribution in [0.4, 0.5) is 0 Å². The van der Waals surface area contributed by atoms with Crippen LogP contribution in [0.5, 0.6) is 0 Å². The number of nitrogens with zero attached hydrogens (tertiary/aromatic N) is 1. The minimum absolute atomic E-state index is 0.317. The highest BCUT2D eigenvalue weighted by atomic mass is 16.2. The first-order valence-electron chi connectivity index (χ1n) is 5.72. The molecule has 1 saturated carbocycles. The zero-order chi connectivity index (χ0) is 10.1. The highest BCUT2D eigenvalue weighted by Crippen LogP contribution is 2.22. The Morgan fingerprint density at radius 2 is 2.07 bits per heavy atom. The van der Waals surface area contributed by atoms with E-state index in [0.717, 1.165) is 6.54 Å². The molecule has 1 saturated heterocycles. The van der Waals surface area contributed by atoms with Crippen molar-refractivity contribution in [2.24, 2.45) is 0 Å². The Balaban J connectivity index is 1.82. The molecule has 1 aliphatic carbocycles. The molecular formula is C11H20N2O. The van der Waals surface area contributed by atoms with Crippen LogP contribution in [0.15, 0.2) is 0 Å². The van der Waals surface area contributed by atoms with Gasteiger partial charge in [0, 0.05) is 31.1 Å². The van der Waals surface area contributed by atoms with Crippen molar-refractivity contribution < 1.29 is 4.79 Å². The minimum atomic E-state index is 0.317. The number of nitrogens with one attached hydrogen (secondary N) is 1. The van der Waals surface area contributed by atoms with Gasteiger partial charge in [-0.1, -0.05) is 6.42 Å². The van der Waals surface area contributed by atoms with Crippen LogP contribution in [0.3, 0.4) is 0 Å². The summed E-state index contributed by atoms with van der Waals surface area (Å²) in [4.78, 5) is 13.6. The van der Waals surface area contributed by atoms with Gasteiger partial charge in [0.2, 0.25) is 5.91 Å². The topological polar surface area (TPSA) is 32.3 Å². The number of likely N-dealkylation sites (tertiary alicyclic amines) is 1. The van der Waals surface area contributed by atoms with Crippen LogP contribution in [0.2, 0.25) is 0 Å². The highest BCUT2D eigenvalue weighted by Gasteiger charge is 2.33. The van der Waals surface area contributed by atoms with Gasteiger partial charge in [0.15, 0.2) is 0 Å². The normalized spacial score (nSPS) is 28.6. The van der Waals surface area contributed by atoms with E-state index in [-0.39, 0.29) is 0 Å². The molecule has 2 rings (SSSR count). The second-order valence-corrected chi connectivity index (χ2v) is 4.84. The van der Waals surface area contributed by atoms with Crippen LogP contribution in [0, 0.1) is 0 Å². The Kier molecular flexibility index (Phi) is 2.77. The second-order valence-electron chi connectivity index (χ2n) is 4.84. The molecule has 1 aliphatic heterocycles. The van der Waals surface area contributed by atoms with Crippen LogP contribution in [0.1, 0.15) is 39.5 Å². The molecule has 0 radical (unpaired) electrons. The van der Waals surface area contributed by atoms with E-state index in [1.54, 1.807) is 0 Å². The summed E-state index contributed by atoms with van der Waals surface area (Å²) in [5.41, 5.74) is 0. The standard InChI is InChI=1S/C11H20N2O/c1-8(2)13-7-10(6-11(13)14)12-9-4-3-5-9/h8-10,12H,3-7H2,1-2H3. The van der Waals surface area contributed by atoms with Crippen LogP contribution in [0.25, 0.3) is 0 Å². The summed E-state index contributed by atoms with van der Waals surface area (Å²) < 4.78 is 0. The number of rotatable bonds is 3. The van der Waals surface area contributed by atoms with Gasteiger partial charge in [-0.05, 0) is 26.7 Å². The molecule has 80 valence electrons. The molecule has 1 atom stereocenters. The van der Waals surface area contributed by atoms with E-state index in [1.165, 1.54) is 19.3 Å². The summed E-state index contributed by atoms with van der Waals surface area (Å²) in [7, 11) is 0. The summed E-state index contributed by atoms with van der Waals surface area (Å²) in [6, 6.07) is 1.46. The summed E-state index contributed by atoms with van der Waals surface area (Å²) in [6.45, 7) is 5.08. The van der Waals surface area contributed by atoms with Gasteiger partial charge in [-0.3, -0.25) is 4.79 Å². The quantitative estimate of drug-likeness (QED) is 0.734. The molecule has 2 fully saturated rings. The van der Waals surface area contributed by atoms with Crippen molar-refractivity contribution in [1.29, 1.82) is 0 Å². The van der Waals surface area contributed by atoms with Gasteiger partial charge < -0.3 is 10.2 Å². The van der Waals surface area contributed by atoms with Gasteiger partial charge in [-0.25, -0.2) is 0 Å². The molecule has 0 aromatic carbocycles. The Morgan fingerprint density at radius 1 is 1.36 bits per heavy atom. The molecule has 1 amide bonds. The van der Waals surface area contributed by atoms with Crippen molar-refractivity contribution in [2.45, 2.75) is 57.7 Å². The predicted molar refractivity (Wildman–Crippen MR) is 56.0 cm³/mol. The minimum Gasteiger partial charge on any atom is -0.339 e. The van der Waals surface area contributed by atoms with Crippen molar-refractivity contribution in [3.05, 3.63) is 0 Å². The molecule has 3 heteroatoms. The number of hydrogen-bond donors (Lipinski definition) is 1. The summed E-state index contributed by atoms with van der Waals surface area (Å²) in [5.74, 6) is 0.317. The molecule has 1 N–H and O–H groups in total. The van der Waals surface area contributed by atoms with Crippen molar-refractivity contribution in [3.63, 3.8) is 0 Å². The Bertz CT molecular complexity index is 223. The second kappa shape index (κ2) is 3.89. The fourth-order valence-electron chi connectivity index (χ4n) is 2.25. The van der Waals surface area contributed by atoms with E-state index >= 15 is 0 Å². The smallest absolute Gasteiger partial charge is 0.224 e. The lowest BCUT2D eigenvalue weighted by Crippen LogP contribution is -2.44. The maximum atomic E-state index is 11.6.